The third-order valence-corrected chi connectivity index (χ3v) is 4.91. The second-order valence-electron chi connectivity index (χ2n) is 6.16. The molecule has 2 fully saturated rings. The van der Waals surface area contributed by atoms with E-state index in [1.807, 2.05) is 6.07 Å². The Balaban J connectivity index is 1.64. The SMILES string of the molecule is COc1cccc([C@H](C)NC2CCN3CCCCC23)c1. The Bertz CT molecular complexity index is 448. The smallest absolute Gasteiger partial charge is 0.119 e. The van der Waals surface area contributed by atoms with E-state index in [0.29, 0.717) is 12.1 Å². The summed E-state index contributed by atoms with van der Waals surface area (Å²) in [5.74, 6) is 0.946. The molecule has 110 valence electrons. The number of fused-ring (bicyclic) bond motifs is 1. The minimum Gasteiger partial charge on any atom is -0.497 e. The standard InChI is InChI=1S/C17H26N2O/c1-13(14-6-5-7-15(12-14)20-2)18-16-9-11-19-10-4-3-8-17(16)19/h5-7,12-13,16-18H,3-4,8-11H2,1-2H3/t13-,16?,17?/m0/s1. The van der Waals surface area contributed by atoms with Gasteiger partial charge in [0, 0.05) is 24.7 Å². The molecule has 1 N–H and O–H groups in total. The third-order valence-electron chi connectivity index (χ3n) is 4.91. The molecule has 2 aliphatic heterocycles. The van der Waals surface area contributed by atoms with Gasteiger partial charge >= 0.3 is 0 Å². The molecule has 3 nitrogen and oxygen atoms in total. The lowest BCUT2D eigenvalue weighted by Gasteiger charge is -2.34. The number of nitrogens with zero attached hydrogens (tertiary/aromatic N) is 1. The summed E-state index contributed by atoms with van der Waals surface area (Å²) in [5.41, 5.74) is 1.32. The second-order valence-corrected chi connectivity index (χ2v) is 6.16. The average Bonchev–Trinajstić information content (AvgIpc) is 2.90. The van der Waals surface area contributed by atoms with E-state index in [-0.39, 0.29) is 0 Å². The van der Waals surface area contributed by atoms with Crippen molar-refractivity contribution in [3.63, 3.8) is 0 Å². The molecule has 0 aromatic heterocycles. The van der Waals surface area contributed by atoms with Crippen LogP contribution in [-0.4, -0.2) is 37.2 Å². The molecular weight excluding hydrogens is 248 g/mol. The summed E-state index contributed by atoms with van der Waals surface area (Å²) in [6.07, 6.45) is 5.43. The Morgan fingerprint density at radius 3 is 3.00 bits per heavy atom. The van der Waals surface area contributed by atoms with Crippen LogP contribution >= 0.6 is 0 Å². The molecule has 2 heterocycles. The van der Waals surface area contributed by atoms with E-state index in [1.54, 1.807) is 7.11 Å². The zero-order valence-electron chi connectivity index (χ0n) is 12.6. The lowest BCUT2D eigenvalue weighted by Crippen LogP contribution is -2.45. The molecular formula is C17H26N2O. The van der Waals surface area contributed by atoms with E-state index >= 15 is 0 Å². The van der Waals surface area contributed by atoms with E-state index in [1.165, 1.54) is 44.3 Å². The second kappa shape index (κ2) is 6.15. The Kier molecular flexibility index (Phi) is 4.27. The minimum atomic E-state index is 0.386. The maximum Gasteiger partial charge on any atom is 0.119 e. The molecule has 2 unspecified atom stereocenters. The molecule has 0 spiro atoms. The summed E-state index contributed by atoms with van der Waals surface area (Å²) < 4.78 is 5.32. The molecule has 3 rings (SSSR count). The molecule has 0 radical (unpaired) electrons. The first kappa shape index (κ1) is 13.9. The van der Waals surface area contributed by atoms with Crippen LogP contribution in [0.1, 0.15) is 44.2 Å². The summed E-state index contributed by atoms with van der Waals surface area (Å²) in [7, 11) is 1.73. The van der Waals surface area contributed by atoms with Gasteiger partial charge in [-0.05, 0) is 50.4 Å². The molecule has 20 heavy (non-hydrogen) atoms. The van der Waals surface area contributed by atoms with Crippen LogP contribution in [0.15, 0.2) is 24.3 Å². The molecule has 0 bridgehead atoms. The van der Waals surface area contributed by atoms with Crippen LogP contribution in [0, 0.1) is 0 Å². The molecule has 0 saturated carbocycles. The monoisotopic (exact) mass is 274 g/mol. The predicted octanol–water partition coefficient (Wildman–Crippen LogP) is 2.97. The van der Waals surface area contributed by atoms with Gasteiger partial charge in [0.05, 0.1) is 7.11 Å². The number of benzene rings is 1. The van der Waals surface area contributed by atoms with Crippen molar-refractivity contribution in [2.24, 2.45) is 0 Å². The fourth-order valence-corrected chi connectivity index (χ4v) is 3.77. The fraction of sp³-hybridized carbons (Fsp3) is 0.647. The number of methoxy groups -OCH3 is 1. The van der Waals surface area contributed by atoms with Gasteiger partial charge in [0.15, 0.2) is 0 Å². The Labute approximate surface area is 122 Å². The molecule has 2 saturated heterocycles. The zero-order chi connectivity index (χ0) is 13.9. The van der Waals surface area contributed by atoms with Crippen LogP contribution in [0.2, 0.25) is 0 Å². The highest BCUT2D eigenvalue weighted by Gasteiger charge is 2.35. The number of nitrogens with one attached hydrogen (secondary N) is 1. The quantitative estimate of drug-likeness (QED) is 0.913. The van der Waals surface area contributed by atoms with Gasteiger partial charge in [-0.25, -0.2) is 0 Å². The van der Waals surface area contributed by atoms with Crippen molar-refractivity contribution in [2.45, 2.75) is 50.7 Å². The first-order valence-corrected chi connectivity index (χ1v) is 7.92. The summed E-state index contributed by atoms with van der Waals surface area (Å²) in [6, 6.07) is 10.2. The van der Waals surface area contributed by atoms with Crippen molar-refractivity contribution < 1.29 is 4.74 Å². The lowest BCUT2D eigenvalue weighted by molar-refractivity contribution is 0.177. The van der Waals surface area contributed by atoms with Gasteiger partial charge in [-0.15, -0.1) is 0 Å². The summed E-state index contributed by atoms with van der Waals surface area (Å²) in [6.45, 7) is 4.84. The molecule has 3 heteroatoms. The molecule has 1 aromatic rings. The molecule has 0 aliphatic carbocycles. The number of ether oxygens (including phenoxy) is 1. The van der Waals surface area contributed by atoms with Crippen LogP contribution < -0.4 is 10.1 Å². The first-order chi connectivity index (χ1) is 9.78. The normalized spacial score (nSPS) is 28.1. The van der Waals surface area contributed by atoms with Crippen molar-refractivity contribution in [1.82, 2.24) is 10.2 Å². The predicted molar refractivity (Wildman–Crippen MR) is 82.2 cm³/mol. The summed E-state index contributed by atoms with van der Waals surface area (Å²) >= 11 is 0. The highest BCUT2D eigenvalue weighted by Crippen LogP contribution is 2.29. The maximum absolute atomic E-state index is 5.32. The van der Waals surface area contributed by atoms with Gasteiger partial charge in [0.2, 0.25) is 0 Å². The highest BCUT2D eigenvalue weighted by molar-refractivity contribution is 5.30. The zero-order valence-corrected chi connectivity index (χ0v) is 12.6. The number of hydrogen-bond acceptors (Lipinski definition) is 3. The minimum absolute atomic E-state index is 0.386. The van der Waals surface area contributed by atoms with Crippen LogP contribution in [0.25, 0.3) is 0 Å². The molecule has 0 amide bonds. The highest BCUT2D eigenvalue weighted by atomic mass is 16.5. The van der Waals surface area contributed by atoms with Crippen LogP contribution in [0.3, 0.4) is 0 Å². The van der Waals surface area contributed by atoms with Crippen molar-refractivity contribution in [3.05, 3.63) is 29.8 Å². The van der Waals surface area contributed by atoms with E-state index in [0.717, 1.165) is 11.8 Å². The van der Waals surface area contributed by atoms with Gasteiger partial charge in [-0.1, -0.05) is 18.6 Å². The Morgan fingerprint density at radius 1 is 1.25 bits per heavy atom. The summed E-state index contributed by atoms with van der Waals surface area (Å²) in [5, 5.41) is 3.85. The van der Waals surface area contributed by atoms with Gasteiger partial charge in [-0.3, -0.25) is 4.90 Å². The van der Waals surface area contributed by atoms with Crippen LogP contribution in [0.4, 0.5) is 0 Å². The molecule has 3 atom stereocenters. The molecule has 2 aliphatic rings. The third kappa shape index (κ3) is 2.84. The van der Waals surface area contributed by atoms with E-state index in [9.17, 15) is 0 Å². The topological polar surface area (TPSA) is 24.5 Å². The largest absolute Gasteiger partial charge is 0.497 e. The van der Waals surface area contributed by atoms with Crippen molar-refractivity contribution >= 4 is 0 Å². The van der Waals surface area contributed by atoms with Gasteiger partial charge in [0.1, 0.15) is 5.75 Å². The van der Waals surface area contributed by atoms with Crippen molar-refractivity contribution in [2.75, 3.05) is 20.2 Å². The number of piperidine rings is 1. The van der Waals surface area contributed by atoms with Crippen LogP contribution in [-0.2, 0) is 0 Å². The van der Waals surface area contributed by atoms with Crippen molar-refractivity contribution in [3.8, 4) is 5.75 Å². The van der Waals surface area contributed by atoms with Gasteiger partial charge < -0.3 is 10.1 Å². The Hall–Kier alpha value is -1.06. The van der Waals surface area contributed by atoms with E-state index < -0.39 is 0 Å². The average molecular weight is 274 g/mol. The van der Waals surface area contributed by atoms with E-state index in [2.05, 4.69) is 35.3 Å². The number of hydrogen-bond donors (Lipinski definition) is 1. The maximum atomic E-state index is 5.32. The van der Waals surface area contributed by atoms with Gasteiger partial charge in [0.25, 0.3) is 0 Å². The summed E-state index contributed by atoms with van der Waals surface area (Å²) in [4.78, 5) is 2.68. The lowest BCUT2D eigenvalue weighted by atomic mass is 9.97. The fourth-order valence-electron chi connectivity index (χ4n) is 3.77. The number of rotatable bonds is 4. The Morgan fingerprint density at radius 2 is 2.15 bits per heavy atom. The molecule has 1 aromatic carbocycles. The van der Waals surface area contributed by atoms with Crippen molar-refractivity contribution in [1.29, 1.82) is 0 Å². The van der Waals surface area contributed by atoms with E-state index in [4.69, 9.17) is 4.74 Å². The van der Waals surface area contributed by atoms with Gasteiger partial charge in [-0.2, -0.15) is 0 Å². The van der Waals surface area contributed by atoms with Crippen LogP contribution in [0.5, 0.6) is 5.75 Å². The first-order valence-electron chi connectivity index (χ1n) is 7.92.